The highest BCUT2D eigenvalue weighted by atomic mass is 32.2. The number of allylic oxidation sites excluding steroid dienone is 1. The molecule has 8 heteroatoms. The smallest absolute Gasteiger partial charge is 0.339 e. The lowest BCUT2D eigenvalue weighted by atomic mass is 10.1. The maximum absolute atomic E-state index is 13.0. The van der Waals surface area contributed by atoms with Crippen LogP contribution >= 0.6 is 0 Å². The van der Waals surface area contributed by atoms with E-state index in [1.54, 1.807) is 12.1 Å². The third-order valence-electron chi connectivity index (χ3n) is 3.77. The molecular weight excluding hydrogens is 375 g/mol. The number of halogens is 1. The van der Waals surface area contributed by atoms with Crippen molar-refractivity contribution in [2.75, 3.05) is 0 Å². The molecule has 2 aromatic carbocycles. The van der Waals surface area contributed by atoms with Crippen molar-refractivity contribution in [2.45, 2.75) is 4.90 Å². The van der Waals surface area contributed by atoms with E-state index in [0.29, 0.717) is 5.76 Å². The summed E-state index contributed by atoms with van der Waals surface area (Å²) in [7, 11) is -4.15. The van der Waals surface area contributed by atoms with Gasteiger partial charge in [-0.05, 0) is 48.5 Å². The van der Waals surface area contributed by atoms with E-state index in [1.807, 2.05) is 0 Å². The number of furan rings is 1. The van der Waals surface area contributed by atoms with Crippen molar-refractivity contribution in [1.82, 2.24) is 0 Å². The number of rotatable bonds is 4. The first-order valence-electron chi connectivity index (χ1n) is 7.74. The first-order chi connectivity index (χ1) is 12.9. The van der Waals surface area contributed by atoms with Crippen LogP contribution in [0.25, 0.3) is 6.08 Å². The fourth-order valence-corrected chi connectivity index (χ4v) is 3.42. The lowest BCUT2D eigenvalue weighted by molar-refractivity contribution is 0.101. The zero-order chi connectivity index (χ0) is 19.0. The van der Waals surface area contributed by atoms with Crippen LogP contribution in [0.1, 0.15) is 16.1 Å². The summed E-state index contributed by atoms with van der Waals surface area (Å²) in [5, 5.41) is 0. The number of hydrogen-bond donors (Lipinski definition) is 0. The Balaban J connectivity index is 1.60. The van der Waals surface area contributed by atoms with E-state index in [9.17, 15) is 17.6 Å². The average Bonchev–Trinajstić information content (AvgIpc) is 3.24. The van der Waals surface area contributed by atoms with Crippen molar-refractivity contribution >= 4 is 22.0 Å². The van der Waals surface area contributed by atoms with E-state index in [-0.39, 0.29) is 33.5 Å². The highest BCUT2D eigenvalue weighted by Crippen LogP contribution is 2.35. The molecule has 0 bridgehead atoms. The van der Waals surface area contributed by atoms with E-state index < -0.39 is 15.9 Å². The minimum absolute atomic E-state index is 0.0369. The van der Waals surface area contributed by atoms with Gasteiger partial charge in [0.05, 0.1) is 11.8 Å². The Kier molecular flexibility index (Phi) is 4.04. The van der Waals surface area contributed by atoms with Gasteiger partial charge in [-0.3, -0.25) is 4.79 Å². The molecule has 0 saturated heterocycles. The van der Waals surface area contributed by atoms with Gasteiger partial charge in [0.1, 0.15) is 28.0 Å². The monoisotopic (exact) mass is 386 g/mol. The molecule has 136 valence electrons. The van der Waals surface area contributed by atoms with Crippen LogP contribution in [0, 0.1) is 5.82 Å². The molecule has 0 radical (unpaired) electrons. The van der Waals surface area contributed by atoms with Gasteiger partial charge in [-0.2, -0.15) is 8.42 Å². The highest BCUT2D eigenvalue weighted by Gasteiger charge is 2.29. The number of carbonyl (C=O) groups is 1. The number of Topliss-reactive ketones (excluding diaryl/α,β-unsaturated/α-hetero) is 1. The fourth-order valence-electron chi connectivity index (χ4n) is 2.50. The molecule has 0 N–H and O–H groups in total. The van der Waals surface area contributed by atoms with E-state index in [1.165, 1.54) is 30.5 Å². The zero-order valence-corrected chi connectivity index (χ0v) is 14.4. The Hall–Kier alpha value is -3.39. The largest absolute Gasteiger partial charge is 0.465 e. The minimum Gasteiger partial charge on any atom is -0.465 e. The Labute approximate surface area is 153 Å². The van der Waals surface area contributed by atoms with Gasteiger partial charge in [0.25, 0.3) is 0 Å². The third-order valence-corrected chi connectivity index (χ3v) is 5.03. The molecule has 0 amide bonds. The summed E-state index contributed by atoms with van der Waals surface area (Å²) in [6.07, 6.45) is 2.91. The second kappa shape index (κ2) is 6.40. The number of carbonyl (C=O) groups excluding carboxylic acids is 1. The molecule has 6 nitrogen and oxygen atoms in total. The van der Waals surface area contributed by atoms with Crippen molar-refractivity contribution in [3.63, 3.8) is 0 Å². The number of hydrogen-bond acceptors (Lipinski definition) is 6. The molecule has 0 fully saturated rings. The van der Waals surface area contributed by atoms with E-state index in [0.717, 1.165) is 24.3 Å². The van der Waals surface area contributed by atoms with Gasteiger partial charge in [-0.25, -0.2) is 4.39 Å². The van der Waals surface area contributed by atoms with Gasteiger partial charge in [-0.1, -0.05) is 0 Å². The predicted octanol–water partition coefficient (Wildman–Crippen LogP) is 3.80. The van der Waals surface area contributed by atoms with Crippen LogP contribution in [0.15, 0.2) is 75.9 Å². The molecule has 0 atom stereocenters. The van der Waals surface area contributed by atoms with Crippen LogP contribution in [-0.4, -0.2) is 14.2 Å². The maximum Gasteiger partial charge on any atom is 0.339 e. The topological polar surface area (TPSA) is 82.8 Å². The summed E-state index contributed by atoms with van der Waals surface area (Å²) in [4.78, 5) is 12.1. The summed E-state index contributed by atoms with van der Waals surface area (Å²) >= 11 is 0. The predicted molar refractivity (Wildman–Crippen MR) is 92.3 cm³/mol. The molecule has 1 aromatic heterocycles. The van der Waals surface area contributed by atoms with Gasteiger partial charge in [-0.15, -0.1) is 0 Å². The van der Waals surface area contributed by atoms with Gasteiger partial charge in [0, 0.05) is 12.1 Å². The van der Waals surface area contributed by atoms with E-state index in [4.69, 9.17) is 13.3 Å². The number of fused-ring (bicyclic) bond motifs is 1. The van der Waals surface area contributed by atoms with E-state index in [2.05, 4.69) is 0 Å². The summed E-state index contributed by atoms with van der Waals surface area (Å²) in [5.41, 5.74) is 0.277. The third kappa shape index (κ3) is 3.34. The standard InChI is InChI=1S/C19H11FO6S/c20-12-3-6-15(7-4-12)27(22,23)26-14-5-8-16-17(11-14)25-18(19(16)21)10-13-2-1-9-24-13/h1-11H/b18-10-. The molecule has 0 aliphatic carbocycles. The molecular formula is C19H11FO6S. The van der Waals surface area contributed by atoms with Crippen LogP contribution < -0.4 is 8.92 Å². The summed E-state index contributed by atoms with van der Waals surface area (Å²) < 4.78 is 53.2. The second-order valence-corrected chi connectivity index (χ2v) is 7.15. The molecule has 4 rings (SSSR count). The fraction of sp³-hybridized carbons (Fsp3) is 0. The Morgan fingerprint density at radius 3 is 2.52 bits per heavy atom. The first kappa shape index (κ1) is 17.0. The first-order valence-corrected chi connectivity index (χ1v) is 9.15. The second-order valence-electron chi connectivity index (χ2n) is 5.60. The van der Waals surface area contributed by atoms with Gasteiger partial charge in [0.2, 0.25) is 5.78 Å². The molecule has 0 saturated carbocycles. The van der Waals surface area contributed by atoms with Crippen LogP contribution in [-0.2, 0) is 10.1 Å². The molecule has 1 aliphatic heterocycles. The quantitative estimate of drug-likeness (QED) is 0.501. The molecule has 0 spiro atoms. The number of ether oxygens (including phenoxy) is 1. The summed E-state index contributed by atoms with van der Waals surface area (Å²) in [6, 6.07) is 11.6. The number of benzene rings is 2. The number of ketones is 1. The van der Waals surface area contributed by atoms with Crippen molar-refractivity contribution in [3.05, 3.63) is 83.8 Å². The minimum atomic E-state index is -4.15. The summed E-state index contributed by atoms with van der Waals surface area (Å²) in [5.74, 6) is -0.279. The molecule has 3 aromatic rings. The lowest BCUT2D eigenvalue weighted by Crippen LogP contribution is -2.09. The average molecular weight is 386 g/mol. The van der Waals surface area contributed by atoms with Crippen LogP contribution in [0.5, 0.6) is 11.5 Å². The molecule has 2 heterocycles. The molecule has 1 aliphatic rings. The van der Waals surface area contributed by atoms with Gasteiger partial charge < -0.3 is 13.3 Å². The maximum atomic E-state index is 13.0. The Bertz CT molecular complexity index is 1150. The van der Waals surface area contributed by atoms with E-state index >= 15 is 0 Å². The van der Waals surface area contributed by atoms with Gasteiger partial charge in [0.15, 0.2) is 5.76 Å². The lowest BCUT2D eigenvalue weighted by Gasteiger charge is -2.07. The Morgan fingerprint density at radius 2 is 1.81 bits per heavy atom. The van der Waals surface area contributed by atoms with Crippen LogP contribution in [0.3, 0.4) is 0 Å². The highest BCUT2D eigenvalue weighted by molar-refractivity contribution is 7.87. The van der Waals surface area contributed by atoms with Crippen molar-refractivity contribution in [1.29, 1.82) is 0 Å². The molecule has 0 unspecified atom stereocenters. The SMILES string of the molecule is O=C1/C(=C/c2ccco2)Oc2cc(OS(=O)(=O)c3ccc(F)cc3)ccc21. The molecule has 27 heavy (non-hydrogen) atoms. The van der Waals surface area contributed by atoms with Crippen LogP contribution in [0.4, 0.5) is 4.39 Å². The Morgan fingerprint density at radius 1 is 1.04 bits per heavy atom. The zero-order valence-electron chi connectivity index (χ0n) is 13.6. The van der Waals surface area contributed by atoms with Crippen LogP contribution in [0.2, 0.25) is 0 Å². The van der Waals surface area contributed by atoms with Gasteiger partial charge >= 0.3 is 10.1 Å². The van der Waals surface area contributed by atoms with Crippen molar-refractivity contribution in [3.8, 4) is 11.5 Å². The van der Waals surface area contributed by atoms with Crippen molar-refractivity contribution in [2.24, 2.45) is 0 Å². The summed E-state index contributed by atoms with van der Waals surface area (Å²) in [6.45, 7) is 0. The van der Waals surface area contributed by atoms with Crippen molar-refractivity contribution < 1.29 is 30.9 Å². The normalized spacial score (nSPS) is 14.9.